The Morgan fingerprint density at radius 1 is 0.471 bits per heavy atom. The molecule has 2 heterocycles. The predicted molar refractivity (Wildman–Crippen MR) is 144 cm³/mol. The van der Waals surface area contributed by atoms with Crippen LogP contribution in [0.15, 0.2) is 109 Å². The quantitative estimate of drug-likeness (QED) is 0.262. The topological polar surface area (TPSA) is 9.86 Å². The minimum Gasteiger partial charge on any atom is -0.343 e. The molecule has 0 aliphatic rings. The van der Waals surface area contributed by atoms with Crippen molar-refractivity contribution in [3.8, 4) is 22.5 Å². The number of aryl methyl sites for hydroxylation is 2. The van der Waals surface area contributed by atoms with Gasteiger partial charge in [-0.15, -0.1) is 0 Å². The zero-order chi connectivity index (χ0) is 23.2. The Morgan fingerprint density at radius 2 is 0.824 bits per heavy atom. The molecule has 2 aromatic heterocycles. The summed E-state index contributed by atoms with van der Waals surface area (Å²) < 4.78 is 4.73. The number of para-hydroxylation sites is 2. The van der Waals surface area contributed by atoms with E-state index in [9.17, 15) is 0 Å². The van der Waals surface area contributed by atoms with E-state index in [2.05, 4.69) is 139 Å². The average Bonchev–Trinajstić information content (AvgIpc) is 3.36. The summed E-state index contributed by atoms with van der Waals surface area (Å²) in [6.07, 6.45) is 0. The van der Waals surface area contributed by atoms with E-state index in [1.807, 2.05) is 0 Å². The van der Waals surface area contributed by atoms with Crippen molar-refractivity contribution in [1.29, 1.82) is 0 Å². The zero-order valence-corrected chi connectivity index (χ0v) is 19.9. The lowest BCUT2D eigenvalue weighted by atomic mass is 9.86. The standard InChI is InChI=1S/C32H28N2/c1-22(29-25-18-10-12-20-27(25)33(2)31(29)23-14-6-4-7-15-23)30-26-19-11-13-21-28(26)34(3)32(30)24-16-8-5-9-17-24/h4-22H,1-3H3. The number of hydrogen-bond acceptors (Lipinski definition) is 0. The predicted octanol–water partition coefficient (Wildman–Crippen LogP) is 8.16. The van der Waals surface area contributed by atoms with Crippen LogP contribution in [0.4, 0.5) is 0 Å². The van der Waals surface area contributed by atoms with E-state index < -0.39 is 0 Å². The molecule has 0 amide bonds. The zero-order valence-electron chi connectivity index (χ0n) is 19.9. The third kappa shape index (κ3) is 3.03. The highest BCUT2D eigenvalue weighted by molar-refractivity contribution is 5.97. The number of hydrogen-bond donors (Lipinski definition) is 0. The van der Waals surface area contributed by atoms with Crippen molar-refractivity contribution >= 4 is 21.8 Å². The van der Waals surface area contributed by atoms with Crippen molar-refractivity contribution < 1.29 is 0 Å². The van der Waals surface area contributed by atoms with Gasteiger partial charge in [-0.25, -0.2) is 0 Å². The van der Waals surface area contributed by atoms with Crippen molar-refractivity contribution in [2.75, 3.05) is 0 Å². The molecule has 166 valence electrons. The van der Waals surface area contributed by atoms with Crippen LogP contribution >= 0.6 is 0 Å². The van der Waals surface area contributed by atoms with E-state index in [1.54, 1.807) is 0 Å². The van der Waals surface area contributed by atoms with Crippen LogP contribution in [0.25, 0.3) is 44.3 Å². The summed E-state index contributed by atoms with van der Waals surface area (Å²) in [5, 5.41) is 2.64. The maximum Gasteiger partial charge on any atom is 0.0527 e. The van der Waals surface area contributed by atoms with Crippen LogP contribution in [0.2, 0.25) is 0 Å². The van der Waals surface area contributed by atoms with Gasteiger partial charge in [-0.05, 0) is 34.4 Å². The van der Waals surface area contributed by atoms with Crippen LogP contribution in [0.5, 0.6) is 0 Å². The molecule has 0 N–H and O–H groups in total. The number of aromatic nitrogens is 2. The van der Waals surface area contributed by atoms with Gasteiger partial charge in [-0.3, -0.25) is 0 Å². The van der Waals surface area contributed by atoms with Crippen LogP contribution < -0.4 is 0 Å². The highest BCUT2D eigenvalue weighted by atomic mass is 15.0. The van der Waals surface area contributed by atoms with E-state index in [0.717, 1.165) is 0 Å². The molecule has 0 saturated heterocycles. The van der Waals surface area contributed by atoms with E-state index in [4.69, 9.17) is 0 Å². The van der Waals surface area contributed by atoms with Crippen molar-refractivity contribution in [3.05, 3.63) is 120 Å². The molecule has 0 aliphatic heterocycles. The van der Waals surface area contributed by atoms with Gasteiger partial charge in [0.2, 0.25) is 0 Å². The Labute approximate surface area is 200 Å². The van der Waals surface area contributed by atoms with Crippen molar-refractivity contribution in [3.63, 3.8) is 0 Å². The molecule has 2 nitrogen and oxygen atoms in total. The molecule has 2 heteroatoms. The minimum absolute atomic E-state index is 0.197. The van der Waals surface area contributed by atoms with Crippen LogP contribution in [0, 0.1) is 0 Å². The Kier molecular flexibility index (Phi) is 4.88. The second kappa shape index (κ2) is 8.07. The molecule has 0 bridgehead atoms. The first-order chi connectivity index (χ1) is 16.7. The highest BCUT2D eigenvalue weighted by Crippen LogP contribution is 2.46. The highest BCUT2D eigenvalue weighted by Gasteiger charge is 2.27. The maximum absolute atomic E-state index is 2.38. The van der Waals surface area contributed by atoms with Gasteiger partial charge < -0.3 is 9.13 Å². The van der Waals surface area contributed by atoms with Gasteiger partial charge in [-0.2, -0.15) is 0 Å². The average molecular weight is 441 g/mol. The smallest absolute Gasteiger partial charge is 0.0527 e. The van der Waals surface area contributed by atoms with Crippen molar-refractivity contribution in [1.82, 2.24) is 9.13 Å². The summed E-state index contributed by atoms with van der Waals surface area (Å²) in [4.78, 5) is 0. The van der Waals surface area contributed by atoms with Gasteiger partial charge >= 0.3 is 0 Å². The maximum atomic E-state index is 2.38. The molecule has 34 heavy (non-hydrogen) atoms. The Bertz CT molecular complexity index is 1490. The number of rotatable bonds is 4. The first kappa shape index (κ1) is 20.6. The van der Waals surface area contributed by atoms with Crippen molar-refractivity contribution in [2.45, 2.75) is 12.8 Å². The summed E-state index contributed by atoms with van der Waals surface area (Å²) in [7, 11) is 4.39. The Balaban J connectivity index is 1.71. The van der Waals surface area contributed by atoms with Crippen LogP contribution in [0.1, 0.15) is 24.0 Å². The molecule has 6 aromatic rings. The lowest BCUT2D eigenvalue weighted by Gasteiger charge is -2.18. The molecule has 0 fully saturated rings. The first-order valence-electron chi connectivity index (χ1n) is 11.9. The van der Waals surface area contributed by atoms with Gasteiger partial charge in [0.15, 0.2) is 0 Å². The summed E-state index contributed by atoms with van der Waals surface area (Å²) in [5.41, 5.74) is 10.4. The Hall–Kier alpha value is -4.04. The summed E-state index contributed by atoms with van der Waals surface area (Å²) in [5.74, 6) is 0.197. The SMILES string of the molecule is CC(c1c(-c2ccccc2)n(C)c2ccccc12)c1c(-c2ccccc2)n(C)c2ccccc12. The number of fused-ring (bicyclic) bond motifs is 2. The lowest BCUT2D eigenvalue weighted by Crippen LogP contribution is -2.02. The molecule has 0 atom stereocenters. The van der Waals surface area contributed by atoms with Gasteiger partial charge in [0.1, 0.15) is 0 Å². The van der Waals surface area contributed by atoms with E-state index >= 15 is 0 Å². The third-order valence-corrected chi connectivity index (χ3v) is 7.25. The number of nitrogens with zero attached hydrogens (tertiary/aromatic N) is 2. The monoisotopic (exact) mass is 440 g/mol. The molecular formula is C32H28N2. The fraction of sp³-hybridized carbons (Fsp3) is 0.125. The first-order valence-corrected chi connectivity index (χ1v) is 11.9. The van der Waals surface area contributed by atoms with Gasteiger partial charge in [-0.1, -0.05) is 104 Å². The minimum atomic E-state index is 0.197. The fourth-order valence-electron chi connectivity index (χ4n) is 5.76. The molecule has 4 aromatic carbocycles. The largest absolute Gasteiger partial charge is 0.343 e. The molecular weight excluding hydrogens is 412 g/mol. The van der Waals surface area contributed by atoms with Gasteiger partial charge in [0.05, 0.1) is 11.4 Å². The van der Waals surface area contributed by atoms with Crippen LogP contribution in [-0.4, -0.2) is 9.13 Å². The molecule has 0 unspecified atom stereocenters. The summed E-state index contributed by atoms with van der Waals surface area (Å²) in [6.45, 7) is 2.38. The normalized spacial score (nSPS) is 11.6. The van der Waals surface area contributed by atoms with Gasteiger partial charge in [0, 0.05) is 41.8 Å². The molecule has 0 aliphatic carbocycles. The lowest BCUT2D eigenvalue weighted by molar-refractivity contribution is 0.898. The summed E-state index contributed by atoms with van der Waals surface area (Å²) in [6, 6.07) is 39.3. The third-order valence-electron chi connectivity index (χ3n) is 7.25. The fourth-order valence-corrected chi connectivity index (χ4v) is 5.76. The van der Waals surface area contributed by atoms with Gasteiger partial charge in [0.25, 0.3) is 0 Å². The van der Waals surface area contributed by atoms with Crippen molar-refractivity contribution in [2.24, 2.45) is 14.1 Å². The summed E-state index contributed by atoms with van der Waals surface area (Å²) >= 11 is 0. The van der Waals surface area contributed by atoms with E-state index in [1.165, 1.54) is 55.4 Å². The molecule has 0 radical (unpaired) electrons. The molecule has 0 saturated carbocycles. The van der Waals surface area contributed by atoms with E-state index in [-0.39, 0.29) is 5.92 Å². The van der Waals surface area contributed by atoms with Crippen LogP contribution in [0.3, 0.4) is 0 Å². The second-order valence-electron chi connectivity index (χ2n) is 9.13. The molecule has 0 spiro atoms. The van der Waals surface area contributed by atoms with E-state index in [0.29, 0.717) is 0 Å². The molecule has 6 rings (SSSR count). The van der Waals surface area contributed by atoms with Crippen LogP contribution in [-0.2, 0) is 14.1 Å². The number of benzene rings is 4. The second-order valence-corrected chi connectivity index (χ2v) is 9.13. The Morgan fingerprint density at radius 3 is 1.24 bits per heavy atom.